The molecule has 2 heterocycles. The number of nitrogens with zero attached hydrogens (tertiary/aromatic N) is 4. The van der Waals surface area contributed by atoms with E-state index in [-0.39, 0.29) is 17.5 Å². The standard InChI is InChI=1S/C11H12N6O/c18-10(8-6-12-4-5-13-8)15-11-14-9(16-17-11)7-2-1-3-7/h4-7H,1-3H2,(H2,14,15,16,17,18). The van der Waals surface area contributed by atoms with Gasteiger partial charge in [-0.25, -0.2) is 4.98 Å². The number of nitrogens with one attached hydrogen (secondary N) is 2. The second-order valence-electron chi connectivity index (χ2n) is 4.22. The molecule has 2 aromatic rings. The van der Waals surface area contributed by atoms with E-state index in [0.717, 1.165) is 18.7 Å². The van der Waals surface area contributed by atoms with Crippen LogP contribution in [0, 0.1) is 0 Å². The van der Waals surface area contributed by atoms with Crippen LogP contribution in [0.2, 0.25) is 0 Å². The van der Waals surface area contributed by atoms with Gasteiger partial charge >= 0.3 is 0 Å². The van der Waals surface area contributed by atoms with Crippen LogP contribution in [0.15, 0.2) is 18.6 Å². The first-order valence-electron chi connectivity index (χ1n) is 5.82. The van der Waals surface area contributed by atoms with Crippen molar-refractivity contribution in [2.45, 2.75) is 25.2 Å². The molecule has 1 aliphatic rings. The highest BCUT2D eigenvalue weighted by Gasteiger charge is 2.23. The van der Waals surface area contributed by atoms with Gasteiger partial charge in [-0.1, -0.05) is 6.42 Å². The van der Waals surface area contributed by atoms with Crippen LogP contribution in [-0.4, -0.2) is 31.1 Å². The topological polar surface area (TPSA) is 96.5 Å². The molecule has 1 fully saturated rings. The van der Waals surface area contributed by atoms with E-state index in [4.69, 9.17) is 0 Å². The number of aromatic nitrogens is 5. The minimum absolute atomic E-state index is 0.243. The van der Waals surface area contributed by atoms with Crippen LogP contribution in [-0.2, 0) is 0 Å². The van der Waals surface area contributed by atoms with E-state index in [2.05, 4.69) is 30.5 Å². The van der Waals surface area contributed by atoms with Gasteiger partial charge in [0.2, 0.25) is 5.95 Å². The number of carbonyl (C=O) groups is 1. The number of rotatable bonds is 3. The Kier molecular flexibility index (Phi) is 2.71. The molecule has 1 aliphatic carbocycles. The zero-order valence-electron chi connectivity index (χ0n) is 9.63. The molecule has 0 bridgehead atoms. The molecule has 92 valence electrons. The number of aromatic amines is 1. The molecule has 3 rings (SSSR count). The van der Waals surface area contributed by atoms with Crippen molar-refractivity contribution in [3.05, 3.63) is 30.1 Å². The molecule has 0 unspecified atom stereocenters. The van der Waals surface area contributed by atoms with E-state index in [1.807, 2.05) is 0 Å². The van der Waals surface area contributed by atoms with Gasteiger partial charge in [0.25, 0.3) is 5.91 Å². The van der Waals surface area contributed by atoms with Crippen LogP contribution in [0.25, 0.3) is 0 Å². The number of anilines is 1. The molecule has 0 atom stereocenters. The summed E-state index contributed by atoms with van der Waals surface area (Å²) in [4.78, 5) is 23.8. The van der Waals surface area contributed by atoms with Crippen molar-refractivity contribution in [3.8, 4) is 0 Å². The zero-order valence-corrected chi connectivity index (χ0v) is 9.63. The summed E-state index contributed by atoms with van der Waals surface area (Å²) < 4.78 is 0. The van der Waals surface area contributed by atoms with E-state index in [1.165, 1.54) is 25.0 Å². The highest BCUT2D eigenvalue weighted by atomic mass is 16.2. The van der Waals surface area contributed by atoms with Crippen LogP contribution >= 0.6 is 0 Å². The van der Waals surface area contributed by atoms with Crippen LogP contribution < -0.4 is 5.32 Å². The Morgan fingerprint density at radius 2 is 2.28 bits per heavy atom. The Balaban J connectivity index is 1.69. The Morgan fingerprint density at radius 1 is 1.39 bits per heavy atom. The van der Waals surface area contributed by atoms with Gasteiger partial charge in [0.05, 0.1) is 6.20 Å². The lowest BCUT2D eigenvalue weighted by Crippen LogP contribution is -2.15. The Bertz CT molecular complexity index is 548. The zero-order chi connectivity index (χ0) is 12.4. The minimum atomic E-state index is -0.359. The predicted octanol–water partition coefficient (Wildman–Crippen LogP) is 1.11. The summed E-state index contributed by atoms with van der Waals surface area (Å²) >= 11 is 0. The summed E-state index contributed by atoms with van der Waals surface area (Å²) in [5.74, 6) is 1.23. The normalized spacial score (nSPS) is 15.1. The van der Waals surface area contributed by atoms with Crippen molar-refractivity contribution in [3.63, 3.8) is 0 Å². The first kappa shape index (κ1) is 10.8. The average molecular weight is 244 g/mol. The smallest absolute Gasteiger partial charge is 0.278 e. The summed E-state index contributed by atoms with van der Waals surface area (Å²) in [6.07, 6.45) is 7.87. The lowest BCUT2D eigenvalue weighted by molar-refractivity contribution is 0.102. The van der Waals surface area contributed by atoms with Crippen LogP contribution in [0.4, 0.5) is 5.95 Å². The van der Waals surface area contributed by atoms with E-state index < -0.39 is 0 Å². The van der Waals surface area contributed by atoms with Crippen molar-refractivity contribution in [1.29, 1.82) is 0 Å². The first-order chi connectivity index (χ1) is 8.83. The fraction of sp³-hybridized carbons (Fsp3) is 0.364. The highest BCUT2D eigenvalue weighted by molar-refractivity contribution is 6.01. The molecule has 0 saturated heterocycles. The van der Waals surface area contributed by atoms with Gasteiger partial charge in [0.1, 0.15) is 11.5 Å². The molecular weight excluding hydrogens is 232 g/mol. The number of amides is 1. The summed E-state index contributed by atoms with van der Waals surface area (Å²) in [5, 5.41) is 9.41. The summed E-state index contributed by atoms with van der Waals surface area (Å²) in [6, 6.07) is 0. The molecule has 0 aromatic carbocycles. The van der Waals surface area contributed by atoms with Gasteiger partial charge in [-0.3, -0.25) is 20.2 Å². The molecular formula is C11H12N6O. The van der Waals surface area contributed by atoms with Crippen molar-refractivity contribution in [2.24, 2.45) is 0 Å². The largest absolute Gasteiger partial charge is 0.288 e. The van der Waals surface area contributed by atoms with Gasteiger partial charge < -0.3 is 0 Å². The van der Waals surface area contributed by atoms with Crippen LogP contribution in [0.1, 0.15) is 41.5 Å². The van der Waals surface area contributed by atoms with Crippen LogP contribution in [0.5, 0.6) is 0 Å². The van der Waals surface area contributed by atoms with Crippen LogP contribution in [0.3, 0.4) is 0 Å². The molecule has 1 amide bonds. The quantitative estimate of drug-likeness (QED) is 0.843. The second kappa shape index (κ2) is 4.52. The maximum atomic E-state index is 11.8. The molecule has 7 nitrogen and oxygen atoms in total. The van der Waals surface area contributed by atoms with Crippen molar-refractivity contribution >= 4 is 11.9 Å². The maximum absolute atomic E-state index is 11.8. The SMILES string of the molecule is O=C(Nc1n[nH]c(C2CCC2)n1)c1cnccn1. The predicted molar refractivity (Wildman–Crippen MR) is 63.0 cm³/mol. The first-order valence-corrected chi connectivity index (χ1v) is 5.82. The molecule has 7 heteroatoms. The van der Waals surface area contributed by atoms with Gasteiger partial charge in [-0.05, 0) is 12.8 Å². The molecule has 1 saturated carbocycles. The monoisotopic (exact) mass is 244 g/mol. The van der Waals surface area contributed by atoms with Crippen molar-refractivity contribution < 1.29 is 4.79 Å². The van der Waals surface area contributed by atoms with Gasteiger partial charge in [0, 0.05) is 18.3 Å². The Labute approximate surface area is 103 Å². The van der Waals surface area contributed by atoms with Gasteiger partial charge in [0.15, 0.2) is 0 Å². The Morgan fingerprint density at radius 3 is 2.94 bits per heavy atom. The average Bonchev–Trinajstić information content (AvgIpc) is 2.76. The number of H-pyrrole nitrogens is 1. The molecule has 0 radical (unpaired) electrons. The fourth-order valence-corrected chi connectivity index (χ4v) is 1.78. The molecule has 18 heavy (non-hydrogen) atoms. The fourth-order valence-electron chi connectivity index (χ4n) is 1.78. The van der Waals surface area contributed by atoms with Gasteiger partial charge in [-0.15, -0.1) is 5.10 Å². The van der Waals surface area contributed by atoms with Crippen molar-refractivity contribution in [2.75, 3.05) is 5.32 Å². The Hall–Kier alpha value is -2.31. The third-order valence-electron chi connectivity index (χ3n) is 3.02. The number of hydrogen-bond donors (Lipinski definition) is 2. The molecule has 0 spiro atoms. The lowest BCUT2D eigenvalue weighted by atomic mass is 9.85. The third-order valence-corrected chi connectivity index (χ3v) is 3.02. The summed E-state index contributed by atoms with van der Waals surface area (Å²) in [7, 11) is 0. The third kappa shape index (κ3) is 2.06. The highest BCUT2D eigenvalue weighted by Crippen LogP contribution is 2.34. The van der Waals surface area contributed by atoms with E-state index in [9.17, 15) is 4.79 Å². The summed E-state index contributed by atoms with van der Waals surface area (Å²) in [6.45, 7) is 0. The molecule has 2 aromatic heterocycles. The van der Waals surface area contributed by atoms with E-state index in [1.54, 1.807) is 0 Å². The van der Waals surface area contributed by atoms with E-state index in [0.29, 0.717) is 5.92 Å². The minimum Gasteiger partial charge on any atom is -0.288 e. The lowest BCUT2D eigenvalue weighted by Gasteiger charge is -2.22. The van der Waals surface area contributed by atoms with Gasteiger partial charge in [-0.2, -0.15) is 4.98 Å². The number of carbonyl (C=O) groups excluding carboxylic acids is 1. The molecule has 2 N–H and O–H groups in total. The summed E-state index contributed by atoms with van der Waals surface area (Å²) in [5.41, 5.74) is 0.243. The van der Waals surface area contributed by atoms with Crippen molar-refractivity contribution in [1.82, 2.24) is 25.1 Å². The van der Waals surface area contributed by atoms with E-state index >= 15 is 0 Å². The number of hydrogen-bond acceptors (Lipinski definition) is 5. The second-order valence-corrected chi connectivity index (χ2v) is 4.22. The molecule has 0 aliphatic heterocycles. The maximum Gasteiger partial charge on any atom is 0.278 e.